The molecule has 0 radical (unpaired) electrons. The van der Waals surface area contributed by atoms with Crippen molar-refractivity contribution in [3.63, 3.8) is 0 Å². The standard InChI is InChI=1S/C13H19N3O2/c1-13(2,3)16-12(18)15-11(17)9-14-10-7-5-4-6-8-10/h4-8,14H,9H2,1-3H3,(H2,15,16,17,18). The van der Waals surface area contributed by atoms with Gasteiger partial charge < -0.3 is 10.6 Å². The molecule has 5 heteroatoms. The molecule has 0 aliphatic rings. The fourth-order valence-electron chi connectivity index (χ4n) is 1.28. The minimum atomic E-state index is -0.484. The van der Waals surface area contributed by atoms with Crippen molar-refractivity contribution >= 4 is 17.6 Å². The van der Waals surface area contributed by atoms with E-state index in [1.54, 1.807) is 0 Å². The highest BCUT2D eigenvalue weighted by Gasteiger charge is 2.15. The summed E-state index contributed by atoms with van der Waals surface area (Å²) in [6.45, 7) is 5.60. The number of rotatable bonds is 3. The van der Waals surface area contributed by atoms with Crippen LogP contribution in [0.5, 0.6) is 0 Å². The highest BCUT2D eigenvalue weighted by atomic mass is 16.2. The Bertz CT molecular complexity index is 410. The Labute approximate surface area is 107 Å². The predicted molar refractivity (Wildman–Crippen MR) is 71.4 cm³/mol. The predicted octanol–water partition coefficient (Wildman–Crippen LogP) is 1.72. The SMILES string of the molecule is CC(C)(C)NC(=O)NC(=O)CNc1ccccc1. The molecule has 0 bridgehead atoms. The summed E-state index contributed by atoms with van der Waals surface area (Å²) in [5, 5.41) is 7.83. The van der Waals surface area contributed by atoms with Gasteiger partial charge in [0.1, 0.15) is 0 Å². The fourth-order valence-corrected chi connectivity index (χ4v) is 1.28. The van der Waals surface area contributed by atoms with Gasteiger partial charge in [0.25, 0.3) is 0 Å². The lowest BCUT2D eigenvalue weighted by atomic mass is 10.1. The van der Waals surface area contributed by atoms with Crippen LogP contribution in [0.25, 0.3) is 0 Å². The molecule has 0 unspecified atom stereocenters. The van der Waals surface area contributed by atoms with Gasteiger partial charge >= 0.3 is 6.03 Å². The van der Waals surface area contributed by atoms with Crippen molar-refractivity contribution in [3.05, 3.63) is 30.3 Å². The molecular formula is C13H19N3O2. The number of para-hydroxylation sites is 1. The first-order valence-electron chi connectivity index (χ1n) is 5.78. The third kappa shape index (κ3) is 5.89. The van der Waals surface area contributed by atoms with Gasteiger partial charge in [0.2, 0.25) is 5.91 Å². The van der Waals surface area contributed by atoms with Gasteiger partial charge in [-0.25, -0.2) is 4.79 Å². The van der Waals surface area contributed by atoms with Crippen LogP contribution in [0.15, 0.2) is 30.3 Å². The summed E-state index contributed by atoms with van der Waals surface area (Å²) in [6, 6.07) is 8.84. The zero-order valence-corrected chi connectivity index (χ0v) is 10.9. The van der Waals surface area contributed by atoms with Crippen molar-refractivity contribution in [1.29, 1.82) is 0 Å². The molecule has 0 heterocycles. The van der Waals surface area contributed by atoms with Crippen LogP contribution in [-0.2, 0) is 4.79 Å². The van der Waals surface area contributed by atoms with E-state index in [0.717, 1.165) is 5.69 Å². The van der Waals surface area contributed by atoms with E-state index < -0.39 is 6.03 Å². The molecule has 0 spiro atoms. The van der Waals surface area contributed by atoms with Gasteiger partial charge in [0.05, 0.1) is 6.54 Å². The zero-order valence-electron chi connectivity index (χ0n) is 10.9. The Kier molecular flexibility index (Phi) is 4.71. The van der Waals surface area contributed by atoms with E-state index in [-0.39, 0.29) is 18.0 Å². The summed E-state index contributed by atoms with van der Waals surface area (Å²) in [7, 11) is 0. The molecule has 0 saturated heterocycles. The second-order valence-electron chi connectivity index (χ2n) is 4.97. The van der Waals surface area contributed by atoms with E-state index in [1.165, 1.54) is 0 Å². The molecule has 18 heavy (non-hydrogen) atoms. The van der Waals surface area contributed by atoms with Crippen LogP contribution in [0, 0.1) is 0 Å². The number of urea groups is 1. The van der Waals surface area contributed by atoms with Gasteiger partial charge in [-0.1, -0.05) is 18.2 Å². The Morgan fingerprint density at radius 2 is 1.72 bits per heavy atom. The number of benzene rings is 1. The van der Waals surface area contributed by atoms with E-state index in [9.17, 15) is 9.59 Å². The third-order valence-electron chi connectivity index (χ3n) is 1.97. The number of nitrogens with one attached hydrogen (secondary N) is 3. The van der Waals surface area contributed by atoms with Crippen molar-refractivity contribution in [2.45, 2.75) is 26.3 Å². The topological polar surface area (TPSA) is 70.2 Å². The Morgan fingerprint density at radius 1 is 1.11 bits per heavy atom. The lowest BCUT2D eigenvalue weighted by Gasteiger charge is -2.20. The number of hydrogen-bond donors (Lipinski definition) is 3. The van der Waals surface area contributed by atoms with Crippen LogP contribution in [0.4, 0.5) is 10.5 Å². The molecule has 0 aliphatic heterocycles. The number of carbonyl (C=O) groups is 2. The molecule has 1 aromatic carbocycles. The average molecular weight is 249 g/mol. The maximum Gasteiger partial charge on any atom is 0.321 e. The Balaban J connectivity index is 2.32. The number of anilines is 1. The molecule has 0 atom stereocenters. The lowest BCUT2D eigenvalue weighted by Crippen LogP contribution is -2.49. The van der Waals surface area contributed by atoms with Crippen molar-refractivity contribution < 1.29 is 9.59 Å². The minimum absolute atomic E-state index is 0.0571. The van der Waals surface area contributed by atoms with E-state index >= 15 is 0 Å². The molecule has 1 aromatic rings. The van der Waals surface area contributed by atoms with Crippen LogP contribution in [0.2, 0.25) is 0 Å². The van der Waals surface area contributed by atoms with Crippen molar-refractivity contribution in [2.75, 3.05) is 11.9 Å². The van der Waals surface area contributed by atoms with Gasteiger partial charge in [-0.2, -0.15) is 0 Å². The highest BCUT2D eigenvalue weighted by Crippen LogP contribution is 2.03. The molecule has 1 rings (SSSR count). The maximum absolute atomic E-state index is 11.5. The summed E-state index contributed by atoms with van der Waals surface area (Å²) in [6.07, 6.45) is 0. The van der Waals surface area contributed by atoms with Crippen LogP contribution in [-0.4, -0.2) is 24.0 Å². The minimum Gasteiger partial charge on any atom is -0.376 e. The van der Waals surface area contributed by atoms with Gasteiger partial charge in [0, 0.05) is 11.2 Å². The van der Waals surface area contributed by atoms with Crippen LogP contribution in [0.3, 0.4) is 0 Å². The first kappa shape index (κ1) is 14.0. The monoisotopic (exact) mass is 249 g/mol. The molecular weight excluding hydrogens is 230 g/mol. The maximum atomic E-state index is 11.5. The molecule has 5 nitrogen and oxygen atoms in total. The molecule has 0 fully saturated rings. The normalized spacial score (nSPS) is 10.6. The number of amides is 3. The fraction of sp³-hybridized carbons (Fsp3) is 0.385. The van der Waals surface area contributed by atoms with Crippen LogP contribution >= 0.6 is 0 Å². The second kappa shape index (κ2) is 6.05. The summed E-state index contributed by atoms with van der Waals surface area (Å²) in [5.74, 6) is -0.374. The number of imide groups is 1. The molecule has 98 valence electrons. The largest absolute Gasteiger partial charge is 0.376 e. The number of hydrogen-bond acceptors (Lipinski definition) is 3. The molecule has 3 amide bonds. The van der Waals surface area contributed by atoms with Crippen molar-refractivity contribution in [2.24, 2.45) is 0 Å². The highest BCUT2D eigenvalue weighted by molar-refractivity contribution is 5.96. The van der Waals surface area contributed by atoms with E-state index in [0.29, 0.717) is 0 Å². The van der Waals surface area contributed by atoms with Gasteiger partial charge in [-0.15, -0.1) is 0 Å². The third-order valence-corrected chi connectivity index (χ3v) is 1.97. The lowest BCUT2D eigenvalue weighted by molar-refractivity contribution is -0.118. The first-order valence-corrected chi connectivity index (χ1v) is 5.78. The van der Waals surface area contributed by atoms with Gasteiger partial charge in [-0.05, 0) is 32.9 Å². The van der Waals surface area contributed by atoms with Crippen LogP contribution in [0.1, 0.15) is 20.8 Å². The molecule has 3 N–H and O–H groups in total. The summed E-state index contributed by atoms with van der Waals surface area (Å²) < 4.78 is 0. The van der Waals surface area contributed by atoms with E-state index in [1.807, 2.05) is 51.1 Å². The Morgan fingerprint density at radius 3 is 2.28 bits per heavy atom. The summed E-state index contributed by atoms with van der Waals surface area (Å²) in [5.41, 5.74) is 0.473. The molecule has 0 aromatic heterocycles. The van der Waals surface area contributed by atoms with Crippen molar-refractivity contribution in [1.82, 2.24) is 10.6 Å². The first-order chi connectivity index (χ1) is 8.37. The summed E-state index contributed by atoms with van der Waals surface area (Å²) >= 11 is 0. The van der Waals surface area contributed by atoms with Crippen LogP contribution < -0.4 is 16.0 Å². The number of carbonyl (C=O) groups excluding carboxylic acids is 2. The molecule has 0 saturated carbocycles. The van der Waals surface area contributed by atoms with E-state index in [2.05, 4.69) is 16.0 Å². The Hall–Kier alpha value is -2.04. The zero-order chi connectivity index (χ0) is 13.6. The average Bonchev–Trinajstić information content (AvgIpc) is 2.25. The van der Waals surface area contributed by atoms with Crippen molar-refractivity contribution in [3.8, 4) is 0 Å². The van der Waals surface area contributed by atoms with E-state index in [4.69, 9.17) is 0 Å². The second-order valence-corrected chi connectivity index (χ2v) is 4.97. The quantitative estimate of drug-likeness (QED) is 0.764. The van der Waals surface area contributed by atoms with Gasteiger partial charge in [0.15, 0.2) is 0 Å². The summed E-state index contributed by atoms with van der Waals surface area (Å²) in [4.78, 5) is 22.9. The van der Waals surface area contributed by atoms with Gasteiger partial charge in [-0.3, -0.25) is 10.1 Å². The molecule has 0 aliphatic carbocycles. The smallest absolute Gasteiger partial charge is 0.321 e.